The molecule has 1 N–H and O–H groups in total. The maximum atomic E-state index is 12.2. The van der Waals surface area contributed by atoms with Crippen LogP contribution in [0.25, 0.3) is 0 Å². The quantitative estimate of drug-likeness (QED) is 0.832. The Morgan fingerprint density at radius 1 is 1.16 bits per heavy atom. The number of amides is 2. The molecule has 2 saturated heterocycles. The molecule has 102 valence electrons. The lowest BCUT2D eigenvalue weighted by molar-refractivity contribution is -0.140. The van der Waals surface area contributed by atoms with Crippen LogP contribution in [0.4, 0.5) is 0 Å². The molecule has 0 aliphatic carbocycles. The Kier molecular flexibility index (Phi) is 4.22. The van der Waals surface area contributed by atoms with Gasteiger partial charge in [-0.2, -0.15) is 0 Å². The molecule has 3 rings (SSSR count). The second-order valence-corrected chi connectivity index (χ2v) is 4.93. The monoisotopic (exact) mass is 280 g/mol. The number of hydrogen-bond donors (Lipinski definition) is 1. The standard InChI is InChI=1S/C14H16N2O2.ClH/c17-13-11-7-4-8-15-12(11)14(18)16(13)9-10-5-2-1-3-6-10;/h1-3,5-6,11-12,15H,4,7-9H2;1H/t11-,12+;/m0./s1. The molecule has 0 spiro atoms. The minimum Gasteiger partial charge on any atom is -0.305 e. The van der Waals surface area contributed by atoms with Gasteiger partial charge in [-0.3, -0.25) is 14.5 Å². The zero-order valence-corrected chi connectivity index (χ0v) is 11.4. The van der Waals surface area contributed by atoms with E-state index in [1.807, 2.05) is 30.3 Å². The van der Waals surface area contributed by atoms with E-state index in [2.05, 4.69) is 5.32 Å². The summed E-state index contributed by atoms with van der Waals surface area (Å²) < 4.78 is 0. The van der Waals surface area contributed by atoms with Crippen LogP contribution in [0.3, 0.4) is 0 Å². The fourth-order valence-corrected chi connectivity index (χ4v) is 2.81. The summed E-state index contributed by atoms with van der Waals surface area (Å²) in [6.45, 7) is 1.23. The molecule has 4 nitrogen and oxygen atoms in total. The number of carbonyl (C=O) groups excluding carboxylic acids is 2. The summed E-state index contributed by atoms with van der Waals surface area (Å²) in [7, 11) is 0. The van der Waals surface area contributed by atoms with Crippen LogP contribution in [0.15, 0.2) is 30.3 Å². The normalized spacial score (nSPS) is 26.0. The Morgan fingerprint density at radius 3 is 2.58 bits per heavy atom. The van der Waals surface area contributed by atoms with Crippen molar-refractivity contribution in [2.45, 2.75) is 25.4 Å². The van der Waals surface area contributed by atoms with Crippen LogP contribution in [0.5, 0.6) is 0 Å². The SMILES string of the molecule is Cl.O=C1[C@H]2CCCN[C@H]2C(=O)N1Cc1ccccc1. The Hall–Kier alpha value is -1.39. The topological polar surface area (TPSA) is 49.4 Å². The molecule has 2 atom stereocenters. The smallest absolute Gasteiger partial charge is 0.247 e. The highest BCUT2D eigenvalue weighted by Gasteiger charge is 2.48. The predicted octanol–water partition coefficient (Wildman–Crippen LogP) is 1.35. The highest BCUT2D eigenvalue weighted by atomic mass is 35.5. The lowest BCUT2D eigenvalue weighted by atomic mass is 9.93. The molecule has 1 aromatic carbocycles. The first-order valence-corrected chi connectivity index (χ1v) is 6.40. The van der Waals surface area contributed by atoms with Gasteiger partial charge in [-0.25, -0.2) is 0 Å². The van der Waals surface area contributed by atoms with Gasteiger partial charge in [-0.15, -0.1) is 12.4 Å². The molecule has 2 aliphatic rings. The summed E-state index contributed by atoms with van der Waals surface area (Å²) in [4.78, 5) is 25.8. The number of fused-ring (bicyclic) bond motifs is 1. The van der Waals surface area contributed by atoms with E-state index in [1.54, 1.807) is 0 Å². The summed E-state index contributed by atoms with van der Waals surface area (Å²) in [5.41, 5.74) is 0.998. The highest BCUT2D eigenvalue weighted by Crippen LogP contribution is 2.28. The molecule has 0 aromatic heterocycles. The van der Waals surface area contributed by atoms with Gasteiger partial charge in [0.15, 0.2) is 0 Å². The molecule has 2 aliphatic heterocycles. The molecule has 0 saturated carbocycles. The number of carbonyl (C=O) groups is 2. The van der Waals surface area contributed by atoms with E-state index in [9.17, 15) is 9.59 Å². The van der Waals surface area contributed by atoms with Crippen molar-refractivity contribution in [3.8, 4) is 0 Å². The van der Waals surface area contributed by atoms with Gasteiger partial charge < -0.3 is 5.32 Å². The van der Waals surface area contributed by atoms with Crippen molar-refractivity contribution in [3.05, 3.63) is 35.9 Å². The predicted molar refractivity (Wildman–Crippen MR) is 73.8 cm³/mol. The maximum Gasteiger partial charge on any atom is 0.247 e. The molecule has 19 heavy (non-hydrogen) atoms. The number of benzene rings is 1. The van der Waals surface area contributed by atoms with Crippen molar-refractivity contribution in [1.29, 1.82) is 0 Å². The van der Waals surface area contributed by atoms with Gasteiger partial charge in [0.25, 0.3) is 0 Å². The van der Waals surface area contributed by atoms with E-state index in [-0.39, 0.29) is 36.2 Å². The number of nitrogens with zero attached hydrogens (tertiary/aromatic N) is 1. The number of imide groups is 1. The summed E-state index contributed by atoms with van der Waals surface area (Å²) in [6.07, 6.45) is 1.80. The van der Waals surface area contributed by atoms with Crippen molar-refractivity contribution in [3.63, 3.8) is 0 Å². The van der Waals surface area contributed by atoms with Gasteiger partial charge >= 0.3 is 0 Å². The first-order valence-electron chi connectivity index (χ1n) is 6.40. The lowest BCUT2D eigenvalue weighted by Crippen LogP contribution is -2.44. The van der Waals surface area contributed by atoms with Crippen LogP contribution in [0.2, 0.25) is 0 Å². The fourth-order valence-electron chi connectivity index (χ4n) is 2.81. The van der Waals surface area contributed by atoms with Crippen LogP contribution < -0.4 is 5.32 Å². The van der Waals surface area contributed by atoms with E-state index in [0.717, 1.165) is 24.9 Å². The largest absolute Gasteiger partial charge is 0.305 e. The molecular formula is C14H17ClN2O2. The van der Waals surface area contributed by atoms with E-state index >= 15 is 0 Å². The number of nitrogens with one attached hydrogen (secondary N) is 1. The van der Waals surface area contributed by atoms with Crippen molar-refractivity contribution in [1.82, 2.24) is 10.2 Å². The van der Waals surface area contributed by atoms with Gasteiger partial charge in [0, 0.05) is 0 Å². The van der Waals surface area contributed by atoms with E-state index in [0.29, 0.717) is 6.54 Å². The first-order chi connectivity index (χ1) is 8.77. The van der Waals surface area contributed by atoms with E-state index in [1.165, 1.54) is 4.90 Å². The molecule has 0 unspecified atom stereocenters. The average molecular weight is 281 g/mol. The minimum atomic E-state index is -0.282. The lowest BCUT2D eigenvalue weighted by Gasteiger charge is -2.21. The fraction of sp³-hybridized carbons (Fsp3) is 0.429. The number of rotatable bonds is 2. The summed E-state index contributed by atoms with van der Waals surface area (Å²) >= 11 is 0. The molecule has 2 fully saturated rings. The molecule has 1 aromatic rings. The Bertz CT molecular complexity index is 454. The van der Waals surface area contributed by atoms with Crippen LogP contribution in [0.1, 0.15) is 18.4 Å². The zero-order chi connectivity index (χ0) is 12.5. The molecular weight excluding hydrogens is 264 g/mol. The van der Waals surface area contributed by atoms with E-state index < -0.39 is 0 Å². The summed E-state index contributed by atoms with van der Waals surface area (Å²) in [5.74, 6) is -0.218. The third kappa shape index (κ3) is 2.51. The van der Waals surface area contributed by atoms with Gasteiger partial charge in [-0.1, -0.05) is 30.3 Å². The molecule has 2 heterocycles. The third-order valence-corrected chi connectivity index (χ3v) is 3.76. The number of likely N-dealkylation sites (tertiary alicyclic amines) is 1. The van der Waals surface area contributed by atoms with E-state index in [4.69, 9.17) is 0 Å². The second-order valence-electron chi connectivity index (χ2n) is 4.93. The molecule has 2 amide bonds. The third-order valence-electron chi connectivity index (χ3n) is 3.76. The molecule has 0 radical (unpaired) electrons. The van der Waals surface area contributed by atoms with Gasteiger partial charge in [0.2, 0.25) is 11.8 Å². The van der Waals surface area contributed by atoms with Crippen LogP contribution in [-0.4, -0.2) is 29.3 Å². The number of halogens is 1. The zero-order valence-electron chi connectivity index (χ0n) is 10.5. The molecule has 5 heteroatoms. The van der Waals surface area contributed by atoms with Crippen molar-refractivity contribution in [2.75, 3.05) is 6.54 Å². The minimum absolute atomic E-state index is 0. The summed E-state index contributed by atoms with van der Waals surface area (Å²) in [6, 6.07) is 9.37. The highest BCUT2D eigenvalue weighted by molar-refractivity contribution is 6.07. The second kappa shape index (κ2) is 5.72. The number of piperidine rings is 1. The Balaban J connectivity index is 0.00000133. The Labute approximate surface area is 118 Å². The first kappa shape index (κ1) is 14.0. The van der Waals surface area contributed by atoms with Crippen LogP contribution in [-0.2, 0) is 16.1 Å². The number of hydrogen-bond acceptors (Lipinski definition) is 3. The van der Waals surface area contributed by atoms with Crippen LogP contribution in [0, 0.1) is 5.92 Å². The van der Waals surface area contributed by atoms with Gasteiger partial charge in [-0.05, 0) is 24.9 Å². The van der Waals surface area contributed by atoms with Crippen molar-refractivity contribution < 1.29 is 9.59 Å². The van der Waals surface area contributed by atoms with Gasteiger partial charge in [0.05, 0.1) is 18.5 Å². The van der Waals surface area contributed by atoms with Crippen molar-refractivity contribution >= 4 is 24.2 Å². The Morgan fingerprint density at radius 2 is 1.89 bits per heavy atom. The maximum absolute atomic E-state index is 12.2. The summed E-state index contributed by atoms with van der Waals surface area (Å²) in [5, 5.41) is 3.16. The molecule has 0 bridgehead atoms. The van der Waals surface area contributed by atoms with Crippen molar-refractivity contribution in [2.24, 2.45) is 5.92 Å². The average Bonchev–Trinajstić information content (AvgIpc) is 2.66. The van der Waals surface area contributed by atoms with Gasteiger partial charge in [0.1, 0.15) is 0 Å². The van der Waals surface area contributed by atoms with Crippen LogP contribution >= 0.6 is 12.4 Å².